The van der Waals surface area contributed by atoms with E-state index in [0.29, 0.717) is 18.2 Å². The molecule has 25 heavy (non-hydrogen) atoms. The van der Waals surface area contributed by atoms with Crippen LogP contribution < -0.4 is 10.6 Å². The maximum absolute atomic E-state index is 12.3. The third-order valence-electron chi connectivity index (χ3n) is 3.70. The van der Waals surface area contributed by atoms with Gasteiger partial charge in [-0.3, -0.25) is 4.79 Å². The summed E-state index contributed by atoms with van der Waals surface area (Å²) in [6.45, 7) is 2.68. The molecule has 0 aliphatic heterocycles. The second-order valence-electron chi connectivity index (χ2n) is 5.75. The second kappa shape index (κ2) is 8.06. The molecule has 1 aromatic heterocycles. The monoisotopic (exact) mass is 332 g/mol. The fraction of sp³-hybridized carbons (Fsp3) is 0.150. The van der Waals surface area contributed by atoms with Crippen molar-refractivity contribution in [2.24, 2.45) is 0 Å². The Bertz CT molecular complexity index is 849. The lowest BCUT2D eigenvalue weighted by atomic mass is 10.1. The molecule has 2 N–H and O–H groups in total. The Hall–Kier alpha value is -3.21. The molecule has 0 fully saturated rings. The van der Waals surface area contributed by atoms with E-state index in [-0.39, 0.29) is 5.91 Å². The molecule has 0 spiro atoms. The van der Waals surface area contributed by atoms with Gasteiger partial charge in [-0.05, 0) is 42.7 Å². The minimum atomic E-state index is -0.251. The maximum Gasteiger partial charge on any atom is 0.274 e. The van der Waals surface area contributed by atoms with Crippen molar-refractivity contribution in [2.75, 3.05) is 17.2 Å². The number of amides is 1. The van der Waals surface area contributed by atoms with Gasteiger partial charge in [0.2, 0.25) is 5.95 Å². The normalized spacial score (nSPS) is 10.3. The van der Waals surface area contributed by atoms with Gasteiger partial charge in [-0.15, -0.1) is 0 Å². The molecule has 126 valence electrons. The summed E-state index contributed by atoms with van der Waals surface area (Å²) in [5, 5.41) is 6.01. The number of hydrogen-bond acceptors (Lipinski definition) is 4. The van der Waals surface area contributed by atoms with Crippen molar-refractivity contribution < 1.29 is 4.79 Å². The SMILES string of the molecule is Cc1cccc(NC(=O)c2ccnc(NCCc3ccccc3)n2)c1. The topological polar surface area (TPSA) is 66.9 Å². The summed E-state index contributed by atoms with van der Waals surface area (Å²) in [4.78, 5) is 20.8. The summed E-state index contributed by atoms with van der Waals surface area (Å²) < 4.78 is 0. The van der Waals surface area contributed by atoms with Gasteiger partial charge in [0.25, 0.3) is 5.91 Å². The zero-order valence-electron chi connectivity index (χ0n) is 14.1. The van der Waals surface area contributed by atoms with Gasteiger partial charge in [0.15, 0.2) is 0 Å². The molecule has 0 bridgehead atoms. The van der Waals surface area contributed by atoms with Gasteiger partial charge >= 0.3 is 0 Å². The second-order valence-corrected chi connectivity index (χ2v) is 5.75. The molecule has 2 aromatic carbocycles. The Morgan fingerprint density at radius 1 is 1.04 bits per heavy atom. The largest absolute Gasteiger partial charge is 0.354 e. The summed E-state index contributed by atoms with van der Waals surface area (Å²) in [6.07, 6.45) is 2.45. The summed E-state index contributed by atoms with van der Waals surface area (Å²) in [5.41, 5.74) is 3.41. The lowest BCUT2D eigenvalue weighted by Gasteiger charge is -2.08. The molecule has 0 saturated heterocycles. The lowest BCUT2D eigenvalue weighted by molar-refractivity contribution is 0.102. The average Bonchev–Trinajstić information content (AvgIpc) is 2.63. The molecule has 1 amide bonds. The van der Waals surface area contributed by atoms with Gasteiger partial charge in [0.05, 0.1) is 0 Å². The van der Waals surface area contributed by atoms with E-state index in [4.69, 9.17) is 0 Å². The molecule has 1 heterocycles. The maximum atomic E-state index is 12.3. The van der Waals surface area contributed by atoms with Crippen LogP contribution in [0.4, 0.5) is 11.6 Å². The Morgan fingerprint density at radius 2 is 1.88 bits per heavy atom. The van der Waals surface area contributed by atoms with Crippen molar-refractivity contribution in [1.29, 1.82) is 0 Å². The van der Waals surface area contributed by atoms with Gasteiger partial charge in [-0.1, -0.05) is 42.5 Å². The van der Waals surface area contributed by atoms with Crippen molar-refractivity contribution in [3.8, 4) is 0 Å². The number of hydrogen-bond donors (Lipinski definition) is 2. The fourth-order valence-corrected chi connectivity index (χ4v) is 2.45. The van der Waals surface area contributed by atoms with Crippen LogP contribution in [0.2, 0.25) is 0 Å². The third-order valence-corrected chi connectivity index (χ3v) is 3.70. The highest BCUT2D eigenvalue weighted by molar-refractivity contribution is 6.03. The average molecular weight is 332 g/mol. The van der Waals surface area contributed by atoms with Crippen LogP contribution in [0, 0.1) is 6.92 Å². The first-order valence-corrected chi connectivity index (χ1v) is 8.19. The Kier molecular flexibility index (Phi) is 5.36. The summed E-state index contributed by atoms with van der Waals surface area (Å²) in [6, 6.07) is 19.4. The van der Waals surface area contributed by atoms with Crippen molar-refractivity contribution in [1.82, 2.24) is 9.97 Å². The zero-order valence-corrected chi connectivity index (χ0v) is 14.1. The van der Waals surface area contributed by atoms with E-state index in [1.54, 1.807) is 12.3 Å². The smallest absolute Gasteiger partial charge is 0.274 e. The van der Waals surface area contributed by atoms with E-state index in [1.165, 1.54) is 5.56 Å². The number of nitrogens with one attached hydrogen (secondary N) is 2. The van der Waals surface area contributed by atoms with Crippen LogP contribution in [0.5, 0.6) is 0 Å². The summed E-state index contributed by atoms with van der Waals surface area (Å²) in [5.74, 6) is 0.201. The number of carbonyl (C=O) groups excluding carboxylic acids is 1. The highest BCUT2D eigenvalue weighted by Crippen LogP contribution is 2.11. The fourth-order valence-electron chi connectivity index (χ4n) is 2.45. The first-order chi connectivity index (χ1) is 12.2. The zero-order chi connectivity index (χ0) is 17.5. The molecule has 0 aliphatic rings. The van der Waals surface area contributed by atoms with Crippen LogP contribution in [-0.4, -0.2) is 22.4 Å². The molecular weight excluding hydrogens is 312 g/mol. The van der Waals surface area contributed by atoms with Crippen LogP contribution in [0.25, 0.3) is 0 Å². The van der Waals surface area contributed by atoms with Crippen LogP contribution in [0.3, 0.4) is 0 Å². The van der Waals surface area contributed by atoms with Crippen LogP contribution in [-0.2, 0) is 6.42 Å². The molecule has 0 radical (unpaired) electrons. The number of nitrogens with zero attached hydrogens (tertiary/aromatic N) is 2. The quantitative estimate of drug-likeness (QED) is 0.722. The number of aryl methyl sites for hydroxylation is 1. The van der Waals surface area contributed by atoms with Gasteiger partial charge in [-0.25, -0.2) is 9.97 Å². The molecule has 3 rings (SSSR count). The van der Waals surface area contributed by atoms with Gasteiger partial charge in [0, 0.05) is 18.4 Å². The first-order valence-electron chi connectivity index (χ1n) is 8.19. The van der Waals surface area contributed by atoms with Crippen molar-refractivity contribution >= 4 is 17.5 Å². The molecular formula is C20H20N4O. The predicted octanol–water partition coefficient (Wildman–Crippen LogP) is 3.69. The first kappa shape index (κ1) is 16.6. The Labute approximate surface area is 147 Å². The van der Waals surface area contributed by atoms with Crippen molar-refractivity contribution in [3.05, 3.63) is 83.7 Å². The molecule has 5 nitrogen and oxygen atoms in total. The highest BCUT2D eigenvalue weighted by Gasteiger charge is 2.09. The molecule has 0 unspecified atom stereocenters. The Balaban J connectivity index is 1.59. The van der Waals surface area contributed by atoms with Crippen molar-refractivity contribution in [3.63, 3.8) is 0 Å². The minimum absolute atomic E-state index is 0.251. The van der Waals surface area contributed by atoms with E-state index < -0.39 is 0 Å². The number of benzene rings is 2. The molecule has 0 atom stereocenters. The number of anilines is 2. The van der Waals surface area contributed by atoms with E-state index in [9.17, 15) is 4.79 Å². The molecule has 5 heteroatoms. The third kappa shape index (κ3) is 4.88. The van der Waals surface area contributed by atoms with E-state index in [2.05, 4.69) is 32.7 Å². The molecule has 3 aromatic rings. The lowest BCUT2D eigenvalue weighted by Crippen LogP contribution is -2.16. The van der Waals surface area contributed by atoms with Gasteiger partial charge in [0.1, 0.15) is 5.69 Å². The Morgan fingerprint density at radius 3 is 2.68 bits per heavy atom. The molecule has 0 saturated carbocycles. The van der Waals surface area contributed by atoms with E-state index >= 15 is 0 Å². The van der Waals surface area contributed by atoms with Crippen LogP contribution >= 0.6 is 0 Å². The van der Waals surface area contributed by atoms with Crippen LogP contribution in [0.15, 0.2) is 66.9 Å². The summed E-state index contributed by atoms with van der Waals surface area (Å²) in [7, 11) is 0. The van der Waals surface area contributed by atoms with Crippen molar-refractivity contribution in [2.45, 2.75) is 13.3 Å². The molecule has 0 aliphatic carbocycles. The van der Waals surface area contributed by atoms with E-state index in [0.717, 1.165) is 17.7 Å². The summed E-state index contributed by atoms with van der Waals surface area (Å²) >= 11 is 0. The number of aromatic nitrogens is 2. The highest BCUT2D eigenvalue weighted by atomic mass is 16.1. The van der Waals surface area contributed by atoms with Gasteiger partial charge < -0.3 is 10.6 Å². The number of rotatable bonds is 6. The number of carbonyl (C=O) groups is 1. The van der Waals surface area contributed by atoms with E-state index in [1.807, 2.05) is 49.4 Å². The van der Waals surface area contributed by atoms with Crippen LogP contribution in [0.1, 0.15) is 21.6 Å². The minimum Gasteiger partial charge on any atom is -0.354 e. The van der Waals surface area contributed by atoms with Gasteiger partial charge in [-0.2, -0.15) is 0 Å². The predicted molar refractivity (Wildman–Crippen MR) is 99.8 cm³/mol. The standard InChI is InChI=1S/C20H20N4O/c1-15-6-5-9-17(14-15)23-19(25)18-11-13-22-20(24-18)21-12-10-16-7-3-2-4-8-16/h2-9,11,13-14H,10,12H2,1H3,(H,23,25)(H,21,22,24).